The summed E-state index contributed by atoms with van der Waals surface area (Å²) in [6, 6.07) is 14.9. The summed E-state index contributed by atoms with van der Waals surface area (Å²) < 4.78 is 2.22. The van der Waals surface area contributed by atoms with E-state index in [0.717, 1.165) is 37.4 Å². The van der Waals surface area contributed by atoms with Crippen molar-refractivity contribution in [3.63, 3.8) is 0 Å². The average molecular weight is 361 g/mol. The lowest BCUT2D eigenvalue weighted by molar-refractivity contribution is 0.181. The van der Waals surface area contributed by atoms with Gasteiger partial charge in [-0.3, -0.25) is 14.6 Å². The molecule has 27 heavy (non-hydrogen) atoms. The third-order valence-electron chi connectivity index (χ3n) is 5.89. The highest BCUT2D eigenvalue weighted by Crippen LogP contribution is 2.21. The van der Waals surface area contributed by atoms with E-state index in [-0.39, 0.29) is 0 Å². The maximum Gasteiger partial charge on any atom is 0.0705 e. The van der Waals surface area contributed by atoms with Crippen LogP contribution < -0.4 is 0 Å². The van der Waals surface area contributed by atoms with Crippen molar-refractivity contribution in [1.82, 2.24) is 24.6 Å². The van der Waals surface area contributed by atoms with E-state index in [1.807, 2.05) is 6.20 Å². The summed E-state index contributed by atoms with van der Waals surface area (Å²) in [7, 11) is 0. The molecule has 1 fully saturated rings. The first-order valence-corrected chi connectivity index (χ1v) is 10.1. The zero-order chi connectivity index (χ0) is 18.1. The Kier molecular flexibility index (Phi) is 4.64. The van der Waals surface area contributed by atoms with Crippen LogP contribution in [0.2, 0.25) is 0 Å². The van der Waals surface area contributed by atoms with E-state index in [1.165, 1.54) is 43.6 Å². The number of benzene rings is 1. The molecule has 3 aromatic rings. The Morgan fingerprint density at radius 1 is 0.926 bits per heavy atom. The van der Waals surface area contributed by atoms with Gasteiger partial charge in [-0.05, 0) is 44.1 Å². The molecule has 140 valence electrons. The Morgan fingerprint density at radius 3 is 2.74 bits per heavy atom. The molecule has 2 aromatic heterocycles. The van der Waals surface area contributed by atoms with Crippen LogP contribution in [0, 0.1) is 5.92 Å². The van der Waals surface area contributed by atoms with E-state index in [9.17, 15) is 0 Å². The number of rotatable bonds is 4. The Balaban J connectivity index is 1.36. The lowest BCUT2D eigenvalue weighted by Gasteiger charge is -2.27. The first kappa shape index (κ1) is 16.9. The summed E-state index contributed by atoms with van der Waals surface area (Å²) in [4.78, 5) is 10.1. The van der Waals surface area contributed by atoms with Crippen molar-refractivity contribution in [2.45, 2.75) is 32.5 Å². The summed E-state index contributed by atoms with van der Waals surface area (Å²) in [6.45, 7) is 7.68. The van der Waals surface area contributed by atoms with Gasteiger partial charge in [0, 0.05) is 50.2 Å². The smallest absolute Gasteiger partial charge is 0.0705 e. The molecular formula is C22H27N5. The van der Waals surface area contributed by atoms with E-state index < -0.39 is 0 Å². The van der Waals surface area contributed by atoms with Crippen molar-refractivity contribution < 1.29 is 0 Å². The molecule has 1 aromatic carbocycles. The zero-order valence-corrected chi connectivity index (χ0v) is 15.8. The summed E-state index contributed by atoms with van der Waals surface area (Å²) in [5.74, 6) is 0.615. The fourth-order valence-corrected chi connectivity index (χ4v) is 4.61. The predicted octanol–water partition coefficient (Wildman–Crippen LogP) is 3.16. The van der Waals surface area contributed by atoms with Crippen molar-refractivity contribution in [2.75, 3.05) is 26.2 Å². The number of para-hydroxylation sites is 1. The van der Waals surface area contributed by atoms with Gasteiger partial charge in [0.05, 0.1) is 16.9 Å². The number of likely N-dealkylation sites (tertiary alicyclic amines) is 1. The zero-order valence-electron chi connectivity index (χ0n) is 15.8. The van der Waals surface area contributed by atoms with Gasteiger partial charge in [-0.25, -0.2) is 0 Å². The number of aromatic nitrogens is 3. The largest absolute Gasteiger partial charge is 0.303 e. The molecule has 5 nitrogen and oxygen atoms in total. The molecule has 5 rings (SSSR count). The Hall–Kier alpha value is -2.24. The molecular weight excluding hydrogens is 334 g/mol. The van der Waals surface area contributed by atoms with Gasteiger partial charge in [0.2, 0.25) is 0 Å². The van der Waals surface area contributed by atoms with Crippen LogP contribution in [0.25, 0.3) is 10.9 Å². The molecule has 2 aliphatic heterocycles. The van der Waals surface area contributed by atoms with Crippen LogP contribution >= 0.6 is 0 Å². The van der Waals surface area contributed by atoms with Gasteiger partial charge < -0.3 is 4.90 Å². The van der Waals surface area contributed by atoms with Gasteiger partial charge in [0.1, 0.15) is 0 Å². The Morgan fingerprint density at radius 2 is 1.81 bits per heavy atom. The van der Waals surface area contributed by atoms with Gasteiger partial charge in [0.25, 0.3) is 0 Å². The summed E-state index contributed by atoms with van der Waals surface area (Å²) in [6.07, 6.45) is 4.65. The second-order valence-electron chi connectivity index (χ2n) is 8.04. The molecule has 2 aliphatic rings. The van der Waals surface area contributed by atoms with Crippen LogP contribution in [0.15, 0.2) is 48.7 Å². The van der Waals surface area contributed by atoms with Crippen molar-refractivity contribution in [3.05, 3.63) is 60.0 Å². The van der Waals surface area contributed by atoms with E-state index >= 15 is 0 Å². The van der Waals surface area contributed by atoms with E-state index in [4.69, 9.17) is 4.98 Å². The monoisotopic (exact) mass is 361 g/mol. The molecule has 1 saturated heterocycles. The highest BCUT2D eigenvalue weighted by molar-refractivity contribution is 5.78. The molecule has 0 saturated carbocycles. The SMILES string of the molecule is c1ccc2nc(CN3Cc4ccnn4C[C@@H](CN4CCCC4)C3)ccc2c1. The second-order valence-corrected chi connectivity index (χ2v) is 8.04. The van der Waals surface area contributed by atoms with Gasteiger partial charge in [-0.2, -0.15) is 5.10 Å². The third kappa shape index (κ3) is 3.75. The molecule has 0 bridgehead atoms. The maximum atomic E-state index is 4.90. The minimum Gasteiger partial charge on any atom is -0.303 e. The lowest BCUT2D eigenvalue weighted by atomic mass is 10.1. The third-order valence-corrected chi connectivity index (χ3v) is 5.89. The second kappa shape index (κ2) is 7.41. The van der Waals surface area contributed by atoms with Crippen molar-refractivity contribution in [3.8, 4) is 0 Å². The Labute approximate surface area is 160 Å². The topological polar surface area (TPSA) is 37.2 Å². The van der Waals surface area contributed by atoms with Gasteiger partial charge in [0.15, 0.2) is 0 Å². The minimum absolute atomic E-state index is 0.615. The molecule has 1 atom stereocenters. The Bertz CT molecular complexity index is 912. The van der Waals surface area contributed by atoms with E-state index in [2.05, 4.69) is 62.0 Å². The maximum absolute atomic E-state index is 4.90. The van der Waals surface area contributed by atoms with Crippen LogP contribution in [0.4, 0.5) is 0 Å². The number of pyridine rings is 1. The number of hydrogen-bond donors (Lipinski definition) is 0. The molecule has 0 N–H and O–H groups in total. The van der Waals surface area contributed by atoms with E-state index in [0.29, 0.717) is 5.92 Å². The first-order valence-electron chi connectivity index (χ1n) is 10.1. The van der Waals surface area contributed by atoms with Gasteiger partial charge in [-0.1, -0.05) is 24.3 Å². The lowest BCUT2D eigenvalue weighted by Crippen LogP contribution is -2.35. The minimum atomic E-state index is 0.615. The van der Waals surface area contributed by atoms with Crippen LogP contribution in [0.1, 0.15) is 24.2 Å². The van der Waals surface area contributed by atoms with Gasteiger partial charge >= 0.3 is 0 Å². The fourth-order valence-electron chi connectivity index (χ4n) is 4.61. The molecule has 0 radical (unpaired) electrons. The molecule has 5 heteroatoms. The van der Waals surface area contributed by atoms with Crippen molar-refractivity contribution >= 4 is 10.9 Å². The number of nitrogens with zero attached hydrogens (tertiary/aromatic N) is 5. The van der Waals surface area contributed by atoms with Crippen molar-refractivity contribution in [2.24, 2.45) is 5.92 Å². The summed E-state index contributed by atoms with van der Waals surface area (Å²) >= 11 is 0. The van der Waals surface area contributed by atoms with Crippen LogP contribution in [0.5, 0.6) is 0 Å². The molecule has 0 amide bonds. The first-order chi connectivity index (χ1) is 13.3. The number of hydrogen-bond acceptors (Lipinski definition) is 4. The highest BCUT2D eigenvalue weighted by atomic mass is 15.3. The highest BCUT2D eigenvalue weighted by Gasteiger charge is 2.25. The normalized spacial score (nSPS) is 21.4. The van der Waals surface area contributed by atoms with Crippen LogP contribution in [0.3, 0.4) is 0 Å². The van der Waals surface area contributed by atoms with Crippen LogP contribution in [-0.4, -0.2) is 50.7 Å². The molecule has 0 unspecified atom stereocenters. The summed E-state index contributed by atoms with van der Waals surface area (Å²) in [5.41, 5.74) is 3.56. The quantitative estimate of drug-likeness (QED) is 0.715. The summed E-state index contributed by atoms with van der Waals surface area (Å²) in [5, 5.41) is 5.79. The molecule has 0 spiro atoms. The van der Waals surface area contributed by atoms with Crippen LogP contribution in [-0.2, 0) is 19.6 Å². The predicted molar refractivity (Wildman–Crippen MR) is 107 cm³/mol. The van der Waals surface area contributed by atoms with Crippen molar-refractivity contribution in [1.29, 1.82) is 0 Å². The molecule has 4 heterocycles. The number of fused-ring (bicyclic) bond motifs is 2. The average Bonchev–Trinajstić information content (AvgIpc) is 3.31. The standard InChI is InChI=1S/C22H27N5/c1-2-6-22-19(5-1)7-8-20(24-22)16-26-14-18(13-25-11-3-4-12-25)15-27-21(17-26)9-10-23-27/h1-2,5-10,18H,3-4,11-17H2/t18-/m0/s1. The molecule has 0 aliphatic carbocycles. The fraction of sp³-hybridized carbons (Fsp3) is 0.455. The van der Waals surface area contributed by atoms with Gasteiger partial charge in [-0.15, -0.1) is 0 Å². The van der Waals surface area contributed by atoms with E-state index in [1.54, 1.807) is 0 Å².